The number of rotatable bonds is 5. The van der Waals surface area contributed by atoms with Crippen molar-refractivity contribution >= 4 is 17.5 Å². The minimum atomic E-state index is 0.177. The van der Waals surface area contributed by atoms with E-state index in [1.807, 2.05) is 11.1 Å². The Kier molecular flexibility index (Phi) is 6.09. The van der Waals surface area contributed by atoms with Crippen LogP contribution in [0.4, 0.5) is 11.6 Å². The van der Waals surface area contributed by atoms with E-state index in [-0.39, 0.29) is 5.91 Å². The molecular formula is C22H30N4O. The molecule has 1 N–H and O–H groups in total. The van der Waals surface area contributed by atoms with E-state index in [4.69, 9.17) is 4.98 Å². The van der Waals surface area contributed by atoms with E-state index >= 15 is 0 Å². The predicted octanol–water partition coefficient (Wildman–Crippen LogP) is 4.63. The largest absolute Gasteiger partial charge is 0.343 e. The highest BCUT2D eigenvalue weighted by atomic mass is 16.2. The number of carbonyl (C=O) groups excluding carboxylic acids is 1. The van der Waals surface area contributed by atoms with Gasteiger partial charge in [-0.2, -0.15) is 0 Å². The Balaban J connectivity index is 1.80. The van der Waals surface area contributed by atoms with Crippen LogP contribution in [0.5, 0.6) is 0 Å². The zero-order valence-corrected chi connectivity index (χ0v) is 16.8. The van der Waals surface area contributed by atoms with E-state index < -0.39 is 0 Å². The molecule has 27 heavy (non-hydrogen) atoms. The molecule has 0 saturated carbocycles. The Hall–Kier alpha value is -2.43. The minimum absolute atomic E-state index is 0.177. The summed E-state index contributed by atoms with van der Waals surface area (Å²) < 4.78 is 0. The highest BCUT2D eigenvalue weighted by Crippen LogP contribution is 2.30. The maximum atomic E-state index is 11.6. The number of anilines is 2. The molecule has 1 aliphatic heterocycles. The fraction of sp³-hybridized carbons (Fsp3) is 0.500. The second kappa shape index (κ2) is 8.51. The van der Waals surface area contributed by atoms with Crippen molar-refractivity contribution in [2.75, 3.05) is 18.4 Å². The highest BCUT2D eigenvalue weighted by Gasteiger charge is 2.22. The number of carbonyl (C=O) groups is 1. The first-order valence-electron chi connectivity index (χ1n) is 9.95. The highest BCUT2D eigenvalue weighted by molar-refractivity contribution is 5.73. The number of aryl methyl sites for hydroxylation is 1. The van der Waals surface area contributed by atoms with Crippen LogP contribution in [0, 0.1) is 0 Å². The average molecular weight is 367 g/mol. The second-order valence-electron chi connectivity index (χ2n) is 7.67. The molecule has 144 valence electrons. The van der Waals surface area contributed by atoms with Crippen molar-refractivity contribution < 1.29 is 4.79 Å². The van der Waals surface area contributed by atoms with Crippen molar-refractivity contribution in [3.05, 3.63) is 47.3 Å². The third-order valence-corrected chi connectivity index (χ3v) is 5.38. The van der Waals surface area contributed by atoms with Gasteiger partial charge in [0, 0.05) is 31.9 Å². The van der Waals surface area contributed by atoms with Crippen LogP contribution in [0.1, 0.15) is 69.2 Å². The van der Waals surface area contributed by atoms with Crippen molar-refractivity contribution in [3.8, 4) is 0 Å². The fourth-order valence-corrected chi connectivity index (χ4v) is 3.63. The smallest absolute Gasteiger partial charge is 0.219 e. The van der Waals surface area contributed by atoms with Gasteiger partial charge in [-0.3, -0.25) is 4.79 Å². The molecule has 0 spiro atoms. The number of aromatic nitrogens is 2. The molecule has 3 rings (SSSR count). The topological polar surface area (TPSA) is 58.1 Å². The summed E-state index contributed by atoms with van der Waals surface area (Å²) in [7, 11) is 0. The fourth-order valence-electron chi connectivity index (χ4n) is 3.63. The molecule has 0 radical (unpaired) electrons. The first-order chi connectivity index (χ1) is 13.0. The van der Waals surface area contributed by atoms with Gasteiger partial charge in [0.05, 0.1) is 0 Å². The lowest BCUT2D eigenvalue weighted by Crippen LogP contribution is -2.36. The molecule has 1 saturated heterocycles. The molecule has 0 aromatic carbocycles. The number of piperidine rings is 1. The summed E-state index contributed by atoms with van der Waals surface area (Å²) in [6, 6.07) is 8.52. The van der Waals surface area contributed by atoms with Gasteiger partial charge >= 0.3 is 0 Å². The molecular weight excluding hydrogens is 336 g/mol. The van der Waals surface area contributed by atoms with Crippen molar-refractivity contribution in [1.82, 2.24) is 14.9 Å². The summed E-state index contributed by atoms with van der Waals surface area (Å²) in [4.78, 5) is 22.7. The van der Waals surface area contributed by atoms with Gasteiger partial charge in [-0.15, -0.1) is 0 Å². The van der Waals surface area contributed by atoms with Gasteiger partial charge in [-0.1, -0.05) is 20.8 Å². The molecule has 1 aliphatic rings. The van der Waals surface area contributed by atoms with Crippen LogP contribution >= 0.6 is 0 Å². The summed E-state index contributed by atoms with van der Waals surface area (Å²) in [5.41, 5.74) is 3.66. The maximum absolute atomic E-state index is 11.6. The molecule has 0 atom stereocenters. The molecule has 2 aromatic rings. The Bertz CT molecular complexity index is 795. The number of likely N-dealkylation sites (tertiary alicyclic amines) is 1. The van der Waals surface area contributed by atoms with Crippen LogP contribution in [-0.4, -0.2) is 33.9 Å². The minimum Gasteiger partial charge on any atom is -0.343 e. The number of pyridine rings is 2. The number of hydrogen-bond acceptors (Lipinski definition) is 4. The lowest BCUT2D eigenvalue weighted by molar-refractivity contribution is -0.129. The molecule has 0 bridgehead atoms. The van der Waals surface area contributed by atoms with Crippen molar-refractivity contribution in [1.29, 1.82) is 0 Å². The van der Waals surface area contributed by atoms with Crippen LogP contribution < -0.4 is 5.32 Å². The number of amides is 1. The Labute approximate surface area is 162 Å². The molecule has 5 nitrogen and oxygen atoms in total. The summed E-state index contributed by atoms with van der Waals surface area (Å²) in [5, 5.41) is 3.39. The SMILES string of the molecule is CCc1cc(C2CCN(C(C)=O)CC2)cc(Nc2cc(C(C)C)ccn2)n1. The van der Waals surface area contributed by atoms with Gasteiger partial charge < -0.3 is 10.2 Å². The van der Waals surface area contributed by atoms with E-state index in [1.165, 1.54) is 11.1 Å². The molecule has 5 heteroatoms. The quantitative estimate of drug-likeness (QED) is 0.838. The van der Waals surface area contributed by atoms with Gasteiger partial charge in [0.25, 0.3) is 0 Å². The first-order valence-corrected chi connectivity index (χ1v) is 9.95. The lowest BCUT2D eigenvalue weighted by Gasteiger charge is -2.31. The normalized spacial score (nSPS) is 15.2. The van der Waals surface area contributed by atoms with Crippen LogP contribution in [0.25, 0.3) is 0 Å². The van der Waals surface area contributed by atoms with Crippen molar-refractivity contribution in [2.45, 2.75) is 58.8 Å². The summed E-state index contributed by atoms with van der Waals surface area (Å²) in [6.45, 7) is 9.82. The molecule has 2 aromatic heterocycles. The van der Waals surface area contributed by atoms with Crippen molar-refractivity contribution in [3.63, 3.8) is 0 Å². The van der Waals surface area contributed by atoms with E-state index in [2.05, 4.69) is 55.3 Å². The van der Waals surface area contributed by atoms with Crippen LogP contribution in [-0.2, 0) is 11.2 Å². The Morgan fingerprint density at radius 1 is 1.22 bits per heavy atom. The lowest BCUT2D eigenvalue weighted by atomic mass is 9.89. The summed E-state index contributed by atoms with van der Waals surface area (Å²) in [5.74, 6) is 2.80. The summed E-state index contributed by atoms with van der Waals surface area (Å²) >= 11 is 0. The van der Waals surface area contributed by atoms with E-state index in [9.17, 15) is 4.79 Å². The first kappa shape index (κ1) is 19.3. The number of nitrogens with one attached hydrogen (secondary N) is 1. The van der Waals surface area contributed by atoms with Gasteiger partial charge in [-0.05, 0) is 66.5 Å². The van der Waals surface area contributed by atoms with E-state index in [0.717, 1.165) is 49.7 Å². The standard InChI is InChI=1S/C22H30N4O/c1-5-20-12-19(17-7-10-26(11-8-17)16(4)27)14-22(24-20)25-21-13-18(15(2)3)6-9-23-21/h6,9,12-15,17H,5,7-8,10-11H2,1-4H3,(H,23,24,25). The van der Waals surface area contributed by atoms with Gasteiger partial charge in [0.1, 0.15) is 11.6 Å². The number of nitrogens with zero attached hydrogens (tertiary/aromatic N) is 3. The predicted molar refractivity (Wildman–Crippen MR) is 109 cm³/mol. The van der Waals surface area contributed by atoms with Gasteiger partial charge in [0.2, 0.25) is 5.91 Å². The zero-order valence-electron chi connectivity index (χ0n) is 16.8. The summed E-state index contributed by atoms with van der Waals surface area (Å²) in [6.07, 6.45) is 4.76. The molecule has 0 unspecified atom stereocenters. The van der Waals surface area contributed by atoms with E-state index in [1.54, 1.807) is 6.92 Å². The third-order valence-electron chi connectivity index (χ3n) is 5.38. The second-order valence-corrected chi connectivity index (χ2v) is 7.67. The third kappa shape index (κ3) is 4.85. The maximum Gasteiger partial charge on any atom is 0.219 e. The van der Waals surface area contributed by atoms with E-state index in [0.29, 0.717) is 11.8 Å². The molecule has 0 aliphatic carbocycles. The van der Waals surface area contributed by atoms with Gasteiger partial charge in [0.15, 0.2) is 0 Å². The Morgan fingerprint density at radius 3 is 2.59 bits per heavy atom. The van der Waals surface area contributed by atoms with Crippen LogP contribution in [0.3, 0.4) is 0 Å². The molecule has 3 heterocycles. The Morgan fingerprint density at radius 2 is 1.96 bits per heavy atom. The van der Waals surface area contributed by atoms with Crippen LogP contribution in [0.2, 0.25) is 0 Å². The van der Waals surface area contributed by atoms with Crippen LogP contribution in [0.15, 0.2) is 30.5 Å². The monoisotopic (exact) mass is 366 g/mol. The zero-order chi connectivity index (χ0) is 19.4. The molecule has 1 fully saturated rings. The average Bonchev–Trinajstić information content (AvgIpc) is 2.68. The molecule has 1 amide bonds. The number of hydrogen-bond donors (Lipinski definition) is 1. The van der Waals surface area contributed by atoms with Gasteiger partial charge in [-0.25, -0.2) is 9.97 Å². The van der Waals surface area contributed by atoms with Crippen molar-refractivity contribution in [2.24, 2.45) is 0 Å².